The summed E-state index contributed by atoms with van der Waals surface area (Å²) in [5.74, 6) is 0. The zero-order valence-electron chi connectivity index (χ0n) is 8.86. The average Bonchev–Trinajstić information content (AvgIpc) is 2.22. The van der Waals surface area contributed by atoms with E-state index in [1.807, 2.05) is 0 Å². The number of hydrogen-bond acceptors (Lipinski definition) is 0. The lowest BCUT2D eigenvalue weighted by Crippen LogP contribution is -1.76. The minimum atomic E-state index is 1.23. The van der Waals surface area contributed by atoms with Gasteiger partial charge in [0.1, 0.15) is 0 Å². The Balaban J connectivity index is 2.36. The lowest BCUT2D eigenvalue weighted by molar-refractivity contribution is 0.652. The fraction of sp³-hybridized carbons (Fsp3) is 0.429. The van der Waals surface area contributed by atoms with Crippen LogP contribution in [-0.2, 0) is 0 Å². The molecule has 0 heteroatoms. The van der Waals surface area contributed by atoms with Crippen molar-refractivity contribution in [1.29, 1.82) is 0 Å². The summed E-state index contributed by atoms with van der Waals surface area (Å²) >= 11 is 0. The molecule has 1 aliphatic carbocycles. The highest BCUT2D eigenvalue weighted by atomic mass is 13.9. The Morgan fingerprint density at radius 1 is 0.429 bits per heavy atom. The Morgan fingerprint density at radius 3 is 1.36 bits per heavy atom. The smallest absolute Gasteiger partial charge is 0.0348 e. The van der Waals surface area contributed by atoms with E-state index in [4.69, 9.17) is 0 Å². The lowest BCUT2D eigenvalue weighted by Gasteiger charge is -1.96. The van der Waals surface area contributed by atoms with Crippen LogP contribution >= 0.6 is 0 Å². The summed E-state index contributed by atoms with van der Waals surface area (Å²) < 4.78 is 0. The molecule has 0 saturated carbocycles. The molecule has 0 unspecified atom stereocenters. The van der Waals surface area contributed by atoms with Crippen molar-refractivity contribution in [2.75, 3.05) is 0 Å². The molecule has 0 spiro atoms. The molecule has 0 amide bonds. The van der Waals surface area contributed by atoms with Gasteiger partial charge in [-0.15, -0.1) is 0 Å². The maximum atomic E-state index is 2.26. The van der Waals surface area contributed by atoms with Gasteiger partial charge in [-0.3, -0.25) is 0 Å². The first-order chi connectivity index (χ1) is 7.00. The van der Waals surface area contributed by atoms with Crippen LogP contribution in [0, 0.1) is 0 Å². The standard InChI is InChI=1S/C14H20/c1-2-4-6-8-10-12-14-13-11-9-7-5-3-1/h1-8H,9-14H2/b3-1-,4-2+,7-5?,8-6+. The van der Waals surface area contributed by atoms with E-state index in [2.05, 4.69) is 48.6 Å². The number of hydrogen-bond donors (Lipinski definition) is 0. The molecule has 76 valence electrons. The first kappa shape index (κ1) is 11.0. The van der Waals surface area contributed by atoms with Crippen LogP contribution in [0.1, 0.15) is 38.5 Å². The fourth-order valence-electron chi connectivity index (χ4n) is 1.48. The van der Waals surface area contributed by atoms with Gasteiger partial charge in [0.2, 0.25) is 0 Å². The zero-order chi connectivity index (χ0) is 9.90. The summed E-state index contributed by atoms with van der Waals surface area (Å²) in [7, 11) is 0. The van der Waals surface area contributed by atoms with Crippen molar-refractivity contribution in [3.63, 3.8) is 0 Å². The number of rotatable bonds is 0. The van der Waals surface area contributed by atoms with Gasteiger partial charge in [0.15, 0.2) is 0 Å². The van der Waals surface area contributed by atoms with Crippen LogP contribution < -0.4 is 0 Å². The molecule has 14 heavy (non-hydrogen) atoms. The molecule has 0 saturated heterocycles. The molecular formula is C14H20. The molecule has 1 aliphatic rings. The maximum absolute atomic E-state index is 2.26. The lowest BCUT2D eigenvalue weighted by atomic mass is 10.1. The second-order valence-electron chi connectivity index (χ2n) is 3.62. The quantitative estimate of drug-likeness (QED) is 0.522. The third-order valence-corrected chi connectivity index (χ3v) is 2.32. The summed E-state index contributed by atoms with van der Waals surface area (Å²) in [6.45, 7) is 0. The Hall–Kier alpha value is -1.04. The average molecular weight is 188 g/mol. The topological polar surface area (TPSA) is 0 Å². The van der Waals surface area contributed by atoms with Crippen molar-refractivity contribution in [2.24, 2.45) is 0 Å². The van der Waals surface area contributed by atoms with Crippen LogP contribution in [0.15, 0.2) is 48.6 Å². The van der Waals surface area contributed by atoms with E-state index in [1.54, 1.807) is 0 Å². The predicted octanol–water partition coefficient (Wildman–Crippen LogP) is 4.57. The molecule has 0 radical (unpaired) electrons. The fourth-order valence-corrected chi connectivity index (χ4v) is 1.48. The Morgan fingerprint density at radius 2 is 0.857 bits per heavy atom. The molecule has 0 aromatic rings. The van der Waals surface area contributed by atoms with Crippen LogP contribution in [0.4, 0.5) is 0 Å². The van der Waals surface area contributed by atoms with Crippen LogP contribution in [0.3, 0.4) is 0 Å². The van der Waals surface area contributed by atoms with Gasteiger partial charge in [-0.2, -0.15) is 0 Å². The van der Waals surface area contributed by atoms with E-state index in [0.29, 0.717) is 0 Å². The van der Waals surface area contributed by atoms with Crippen LogP contribution in [0.2, 0.25) is 0 Å². The molecule has 0 aromatic heterocycles. The van der Waals surface area contributed by atoms with Crippen LogP contribution in [0.5, 0.6) is 0 Å². The predicted molar refractivity (Wildman–Crippen MR) is 64.3 cm³/mol. The van der Waals surface area contributed by atoms with Crippen molar-refractivity contribution in [2.45, 2.75) is 38.5 Å². The Labute approximate surface area is 87.7 Å². The van der Waals surface area contributed by atoms with Gasteiger partial charge < -0.3 is 0 Å². The minimum Gasteiger partial charge on any atom is -0.0845 e. The molecule has 0 heterocycles. The van der Waals surface area contributed by atoms with Gasteiger partial charge in [0, 0.05) is 0 Å². The summed E-state index contributed by atoms with van der Waals surface area (Å²) in [6.07, 6.45) is 25.0. The Kier molecular flexibility index (Phi) is 6.74. The molecule has 0 aliphatic heterocycles. The minimum absolute atomic E-state index is 1.23. The van der Waals surface area contributed by atoms with Crippen molar-refractivity contribution < 1.29 is 0 Å². The molecule has 0 N–H and O–H groups in total. The van der Waals surface area contributed by atoms with Crippen molar-refractivity contribution in [3.05, 3.63) is 48.6 Å². The van der Waals surface area contributed by atoms with Crippen molar-refractivity contribution >= 4 is 0 Å². The first-order valence-corrected chi connectivity index (χ1v) is 5.65. The summed E-state index contributed by atoms with van der Waals surface area (Å²) in [5, 5.41) is 0. The van der Waals surface area contributed by atoms with Crippen molar-refractivity contribution in [3.8, 4) is 0 Å². The highest BCUT2D eigenvalue weighted by Gasteiger charge is 1.87. The van der Waals surface area contributed by atoms with E-state index < -0.39 is 0 Å². The highest BCUT2D eigenvalue weighted by molar-refractivity contribution is 5.15. The monoisotopic (exact) mass is 188 g/mol. The third-order valence-electron chi connectivity index (χ3n) is 2.32. The second kappa shape index (κ2) is 8.55. The largest absolute Gasteiger partial charge is 0.0845 e. The van der Waals surface area contributed by atoms with E-state index in [0.717, 1.165) is 0 Å². The van der Waals surface area contributed by atoms with Gasteiger partial charge in [-0.05, 0) is 25.7 Å². The maximum Gasteiger partial charge on any atom is -0.0348 e. The van der Waals surface area contributed by atoms with E-state index >= 15 is 0 Å². The van der Waals surface area contributed by atoms with E-state index in [1.165, 1.54) is 38.5 Å². The molecule has 0 fully saturated rings. The summed E-state index contributed by atoms with van der Waals surface area (Å²) in [5.41, 5.74) is 0. The van der Waals surface area contributed by atoms with E-state index in [-0.39, 0.29) is 0 Å². The zero-order valence-corrected chi connectivity index (χ0v) is 8.86. The van der Waals surface area contributed by atoms with Gasteiger partial charge in [0.25, 0.3) is 0 Å². The molecule has 0 aromatic carbocycles. The van der Waals surface area contributed by atoms with E-state index in [9.17, 15) is 0 Å². The molecule has 0 atom stereocenters. The highest BCUT2D eigenvalue weighted by Crippen LogP contribution is 2.06. The summed E-state index contributed by atoms with van der Waals surface area (Å²) in [4.78, 5) is 0. The summed E-state index contributed by atoms with van der Waals surface area (Å²) in [6, 6.07) is 0. The van der Waals surface area contributed by atoms with Gasteiger partial charge in [-0.25, -0.2) is 0 Å². The second-order valence-corrected chi connectivity index (χ2v) is 3.62. The normalized spacial score (nSPS) is 26.3. The molecule has 0 nitrogen and oxygen atoms in total. The molecule has 1 rings (SSSR count). The van der Waals surface area contributed by atoms with Crippen LogP contribution in [0.25, 0.3) is 0 Å². The molecule has 0 bridgehead atoms. The molecular weight excluding hydrogens is 168 g/mol. The van der Waals surface area contributed by atoms with Gasteiger partial charge in [-0.1, -0.05) is 61.4 Å². The van der Waals surface area contributed by atoms with Crippen molar-refractivity contribution in [1.82, 2.24) is 0 Å². The first-order valence-electron chi connectivity index (χ1n) is 5.65. The van der Waals surface area contributed by atoms with Gasteiger partial charge >= 0.3 is 0 Å². The van der Waals surface area contributed by atoms with Gasteiger partial charge in [0.05, 0.1) is 0 Å². The Bertz CT molecular complexity index is 202. The SMILES string of the molecule is C1=CCCCCCC/C=C/C=C/C=C\1. The number of allylic oxidation sites excluding steroid dienone is 8. The third kappa shape index (κ3) is 6.47. The van der Waals surface area contributed by atoms with Crippen LogP contribution in [-0.4, -0.2) is 0 Å².